The van der Waals surface area contributed by atoms with E-state index in [1.807, 2.05) is 32.9 Å². The molecule has 0 spiro atoms. The van der Waals surface area contributed by atoms with Gasteiger partial charge in [0.2, 0.25) is 11.8 Å². The van der Waals surface area contributed by atoms with Crippen molar-refractivity contribution < 1.29 is 9.59 Å². The van der Waals surface area contributed by atoms with Crippen LogP contribution in [0.3, 0.4) is 0 Å². The third-order valence-electron chi connectivity index (χ3n) is 3.17. The van der Waals surface area contributed by atoms with Gasteiger partial charge in [0.25, 0.3) is 0 Å². The van der Waals surface area contributed by atoms with E-state index in [4.69, 9.17) is 0 Å². The summed E-state index contributed by atoms with van der Waals surface area (Å²) in [5.74, 6) is -0.295. The summed E-state index contributed by atoms with van der Waals surface area (Å²) in [4.78, 5) is 23.2. The van der Waals surface area contributed by atoms with Crippen LogP contribution >= 0.6 is 0 Å². The number of nitrogens with one attached hydrogen (secondary N) is 3. The lowest BCUT2D eigenvalue weighted by Gasteiger charge is -2.17. The van der Waals surface area contributed by atoms with Crippen LogP contribution in [0.1, 0.15) is 23.6 Å². The van der Waals surface area contributed by atoms with Gasteiger partial charge in [-0.25, -0.2) is 0 Å². The second kappa shape index (κ2) is 7.05. The fourth-order valence-corrected chi connectivity index (χ4v) is 2.04. The zero-order valence-corrected chi connectivity index (χ0v) is 12.8. The molecule has 0 unspecified atom stereocenters. The van der Waals surface area contributed by atoms with Crippen LogP contribution in [0.15, 0.2) is 12.1 Å². The van der Waals surface area contributed by atoms with Crippen LogP contribution in [0, 0.1) is 20.8 Å². The molecule has 1 rings (SSSR count). The maximum absolute atomic E-state index is 12.1. The first kappa shape index (κ1) is 16.2. The van der Waals surface area contributed by atoms with E-state index in [0.29, 0.717) is 0 Å². The minimum absolute atomic E-state index is 0.122. The van der Waals surface area contributed by atoms with Gasteiger partial charge in [0.05, 0.1) is 12.6 Å². The standard InChI is InChI=1S/C15H23N3O2/c1-9-6-10(2)14(11(3)7-9)18-15(20)12(4)17-8-13(19)16-5/h6-7,12,17H,8H2,1-5H3,(H,16,19)(H,18,20)/t12-/m0/s1. The number of hydrogen-bond donors (Lipinski definition) is 3. The Hall–Kier alpha value is -1.88. The monoisotopic (exact) mass is 277 g/mol. The van der Waals surface area contributed by atoms with Gasteiger partial charge in [-0.2, -0.15) is 0 Å². The molecule has 20 heavy (non-hydrogen) atoms. The molecule has 2 amide bonds. The lowest BCUT2D eigenvalue weighted by molar-refractivity contribution is -0.120. The molecule has 110 valence electrons. The lowest BCUT2D eigenvalue weighted by atomic mass is 10.0. The van der Waals surface area contributed by atoms with E-state index in [-0.39, 0.29) is 18.4 Å². The quantitative estimate of drug-likeness (QED) is 0.759. The molecule has 1 aromatic rings. The summed E-state index contributed by atoms with van der Waals surface area (Å²) in [6.45, 7) is 7.82. The molecule has 0 radical (unpaired) electrons. The second-order valence-corrected chi connectivity index (χ2v) is 5.04. The Morgan fingerprint density at radius 3 is 2.20 bits per heavy atom. The summed E-state index contributed by atoms with van der Waals surface area (Å²) in [5.41, 5.74) is 4.08. The van der Waals surface area contributed by atoms with Gasteiger partial charge in [-0.3, -0.25) is 14.9 Å². The van der Waals surface area contributed by atoms with Crippen molar-refractivity contribution in [2.45, 2.75) is 33.7 Å². The molecule has 1 atom stereocenters. The Morgan fingerprint density at radius 2 is 1.70 bits per heavy atom. The van der Waals surface area contributed by atoms with E-state index in [9.17, 15) is 9.59 Å². The van der Waals surface area contributed by atoms with Crippen molar-refractivity contribution in [3.8, 4) is 0 Å². The highest BCUT2D eigenvalue weighted by Gasteiger charge is 2.15. The number of amides is 2. The van der Waals surface area contributed by atoms with Crippen LogP contribution in [0.2, 0.25) is 0 Å². The molecule has 5 heteroatoms. The van der Waals surface area contributed by atoms with Crippen molar-refractivity contribution in [1.29, 1.82) is 0 Å². The number of carbonyl (C=O) groups excluding carboxylic acids is 2. The molecule has 0 aliphatic heterocycles. The number of aryl methyl sites for hydroxylation is 3. The van der Waals surface area contributed by atoms with Gasteiger partial charge in [-0.05, 0) is 38.8 Å². The summed E-state index contributed by atoms with van der Waals surface area (Å²) in [6, 6.07) is 3.63. The number of likely N-dealkylation sites (N-methyl/N-ethyl adjacent to an activating group) is 1. The first-order valence-electron chi connectivity index (χ1n) is 6.67. The number of rotatable bonds is 5. The van der Waals surface area contributed by atoms with Crippen LogP contribution < -0.4 is 16.0 Å². The highest BCUT2D eigenvalue weighted by molar-refractivity contribution is 5.96. The van der Waals surface area contributed by atoms with Gasteiger partial charge in [0, 0.05) is 12.7 Å². The van der Waals surface area contributed by atoms with Gasteiger partial charge in [-0.1, -0.05) is 17.7 Å². The highest BCUT2D eigenvalue weighted by atomic mass is 16.2. The topological polar surface area (TPSA) is 70.2 Å². The average Bonchev–Trinajstić information content (AvgIpc) is 2.39. The smallest absolute Gasteiger partial charge is 0.241 e. The normalized spacial score (nSPS) is 11.8. The van der Waals surface area contributed by atoms with Gasteiger partial charge >= 0.3 is 0 Å². The summed E-state index contributed by atoms with van der Waals surface area (Å²) in [5, 5.41) is 8.29. The van der Waals surface area contributed by atoms with E-state index in [1.54, 1.807) is 14.0 Å². The maximum Gasteiger partial charge on any atom is 0.241 e. The van der Waals surface area contributed by atoms with Crippen molar-refractivity contribution in [3.63, 3.8) is 0 Å². The molecule has 1 aromatic carbocycles. The minimum Gasteiger partial charge on any atom is -0.358 e. The van der Waals surface area contributed by atoms with Crippen molar-refractivity contribution >= 4 is 17.5 Å². The molecule has 0 aliphatic rings. The zero-order chi connectivity index (χ0) is 15.3. The molecular weight excluding hydrogens is 254 g/mol. The van der Waals surface area contributed by atoms with E-state index in [2.05, 4.69) is 16.0 Å². The largest absolute Gasteiger partial charge is 0.358 e. The lowest BCUT2D eigenvalue weighted by Crippen LogP contribution is -2.43. The molecule has 5 nitrogen and oxygen atoms in total. The molecule has 0 saturated heterocycles. The fourth-order valence-electron chi connectivity index (χ4n) is 2.04. The Morgan fingerprint density at radius 1 is 1.15 bits per heavy atom. The van der Waals surface area contributed by atoms with Crippen LogP contribution in [0.4, 0.5) is 5.69 Å². The predicted molar refractivity (Wildman–Crippen MR) is 80.8 cm³/mol. The maximum atomic E-state index is 12.1. The van der Waals surface area contributed by atoms with E-state index in [1.165, 1.54) is 5.56 Å². The van der Waals surface area contributed by atoms with Gasteiger partial charge in [0.15, 0.2) is 0 Å². The molecule has 0 bridgehead atoms. The Kier molecular flexibility index (Phi) is 5.70. The molecule has 0 saturated carbocycles. The van der Waals surface area contributed by atoms with E-state index >= 15 is 0 Å². The molecule has 0 fully saturated rings. The van der Waals surface area contributed by atoms with Crippen LogP contribution in [0.25, 0.3) is 0 Å². The number of anilines is 1. The molecule has 0 aromatic heterocycles. The van der Waals surface area contributed by atoms with Crippen molar-refractivity contribution in [2.75, 3.05) is 18.9 Å². The minimum atomic E-state index is -0.438. The van der Waals surface area contributed by atoms with Crippen molar-refractivity contribution in [1.82, 2.24) is 10.6 Å². The molecular formula is C15H23N3O2. The SMILES string of the molecule is CNC(=O)CN[C@@H](C)C(=O)Nc1c(C)cc(C)cc1C. The molecule has 0 aliphatic carbocycles. The highest BCUT2D eigenvalue weighted by Crippen LogP contribution is 2.21. The predicted octanol–water partition coefficient (Wildman–Crippen LogP) is 1.27. The summed E-state index contributed by atoms with van der Waals surface area (Å²) in [7, 11) is 1.56. The number of hydrogen-bond acceptors (Lipinski definition) is 3. The third-order valence-corrected chi connectivity index (χ3v) is 3.17. The first-order valence-corrected chi connectivity index (χ1v) is 6.67. The van der Waals surface area contributed by atoms with Crippen LogP contribution in [-0.4, -0.2) is 31.4 Å². The second-order valence-electron chi connectivity index (χ2n) is 5.04. The van der Waals surface area contributed by atoms with E-state index < -0.39 is 6.04 Å². The van der Waals surface area contributed by atoms with Crippen LogP contribution in [0.5, 0.6) is 0 Å². The van der Waals surface area contributed by atoms with Gasteiger partial charge in [0.1, 0.15) is 0 Å². The average molecular weight is 277 g/mol. The molecule has 3 N–H and O–H groups in total. The van der Waals surface area contributed by atoms with E-state index in [0.717, 1.165) is 16.8 Å². The van der Waals surface area contributed by atoms with Crippen molar-refractivity contribution in [2.24, 2.45) is 0 Å². The number of carbonyl (C=O) groups is 2. The molecule has 0 heterocycles. The first-order chi connectivity index (χ1) is 9.35. The Balaban J connectivity index is 2.69. The summed E-state index contributed by atoms with van der Waals surface area (Å²) >= 11 is 0. The summed E-state index contributed by atoms with van der Waals surface area (Å²) in [6.07, 6.45) is 0. The Labute approximate surface area is 120 Å². The van der Waals surface area contributed by atoms with Gasteiger partial charge < -0.3 is 10.6 Å². The zero-order valence-electron chi connectivity index (χ0n) is 12.8. The fraction of sp³-hybridized carbons (Fsp3) is 0.467. The third kappa shape index (κ3) is 4.35. The Bertz CT molecular complexity index is 489. The number of benzene rings is 1. The van der Waals surface area contributed by atoms with Crippen LogP contribution in [-0.2, 0) is 9.59 Å². The van der Waals surface area contributed by atoms with Crippen molar-refractivity contribution in [3.05, 3.63) is 28.8 Å². The van der Waals surface area contributed by atoms with Gasteiger partial charge in [-0.15, -0.1) is 0 Å². The summed E-state index contributed by atoms with van der Waals surface area (Å²) < 4.78 is 0.